The van der Waals surface area contributed by atoms with E-state index in [1.54, 1.807) is 0 Å². The topological polar surface area (TPSA) is 52.3 Å². The largest absolute Gasteiger partial charge is 0.381 e. The molecular weight excluding hydrogens is 214 g/mol. The first-order valence-corrected chi connectivity index (χ1v) is 6.23. The molecule has 1 aliphatic rings. The van der Waals surface area contributed by atoms with Crippen LogP contribution >= 0.6 is 0 Å². The van der Waals surface area contributed by atoms with Crippen LogP contribution in [0.15, 0.2) is 18.2 Å². The average Bonchev–Trinajstić information content (AvgIpc) is 2.38. The van der Waals surface area contributed by atoms with Crippen LogP contribution in [0.1, 0.15) is 47.2 Å². The van der Waals surface area contributed by atoms with Gasteiger partial charge in [0.25, 0.3) is 0 Å². The van der Waals surface area contributed by atoms with Gasteiger partial charge < -0.3 is 10.5 Å². The number of carbonyl (C=O) groups is 1. The lowest BCUT2D eigenvalue weighted by molar-refractivity contribution is 0.0851. The first kappa shape index (κ1) is 12.1. The molecule has 1 aromatic carbocycles. The van der Waals surface area contributed by atoms with Crippen LogP contribution in [0.3, 0.4) is 0 Å². The van der Waals surface area contributed by atoms with Crippen LogP contribution in [0, 0.1) is 0 Å². The van der Waals surface area contributed by atoms with Gasteiger partial charge in [-0.2, -0.15) is 0 Å². The van der Waals surface area contributed by atoms with Crippen LogP contribution in [-0.2, 0) is 11.2 Å². The van der Waals surface area contributed by atoms with E-state index in [4.69, 9.17) is 10.5 Å². The highest BCUT2D eigenvalue weighted by atomic mass is 16.5. The normalized spacial score (nSPS) is 17.0. The standard InChI is InChI=1S/C14H19NO2/c1-2-11-12(10-6-8-17-9-7-10)4-3-5-13(11)14(15)16/h3-5,10H,2,6-9H2,1H3,(H2,15,16). The summed E-state index contributed by atoms with van der Waals surface area (Å²) in [5.74, 6) is 0.189. The molecule has 0 saturated carbocycles. The summed E-state index contributed by atoms with van der Waals surface area (Å²) in [6, 6.07) is 5.88. The van der Waals surface area contributed by atoms with Gasteiger partial charge in [-0.3, -0.25) is 4.79 Å². The molecule has 0 aromatic heterocycles. The van der Waals surface area contributed by atoms with Crippen LogP contribution in [-0.4, -0.2) is 19.1 Å². The van der Waals surface area contributed by atoms with Crippen molar-refractivity contribution in [3.63, 3.8) is 0 Å². The Hall–Kier alpha value is -1.35. The zero-order chi connectivity index (χ0) is 12.3. The van der Waals surface area contributed by atoms with Crippen molar-refractivity contribution in [3.05, 3.63) is 34.9 Å². The maximum atomic E-state index is 11.4. The summed E-state index contributed by atoms with van der Waals surface area (Å²) in [6.45, 7) is 3.70. The molecule has 0 spiro atoms. The molecular formula is C14H19NO2. The van der Waals surface area contributed by atoms with Gasteiger partial charge in [-0.05, 0) is 42.4 Å². The van der Waals surface area contributed by atoms with Crippen LogP contribution in [0.4, 0.5) is 0 Å². The second-order valence-electron chi connectivity index (χ2n) is 4.48. The highest BCUT2D eigenvalue weighted by molar-refractivity contribution is 5.94. The maximum absolute atomic E-state index is 11.4. The number of ether oxygens (including phenoxy) is 1. The Morgan fingerprint density at radius 2 is 2.12 bits per heavy atom. The minimum atomic E-state index is -0.323. The Balaban J connectivity index is 2.38. The van der Waals surface area contributed by atoms with E-state index in [0.717, 1.165) is 38.0 Å². The molecule has 1 aromatic rings. The van der Waals surface area contributed by atoms with Crippen molar-refractivity contribution in [2.24, 2.45) is 5.73 Å². The molecule has 1 fully saturated rings. The third-order valence-electron chi connectivity index (χ3n) is 3.49. The van der Waals surface area contributed by atoms with Crippen molar-refractivity contribution in [2.45, 2.75) is 32.1 Å². The van der Waals surface area contributed by atoms with E-state index in [1.807, 2.05) is 12.1 Å². The number of amides is 1. The van der Waals surface area contributed by atoms with Crippen molar-refractivity contribution in [2.75, 3.05) is 13.2 Å². The molecule has 1 amide bonds. The Kier molecular flexibility index (Phi) is 3.79. The van der Waals surface area contributed by atoms with E-state index in [0.29, 0.717) is 11.5 Å². The van der Waals surface area contributed by atoms with Gasteiger partial charge in [0.15, 0.2) is 0 Å². The predicted octanol–water partition coefficient (Wildman–Crippen LogP) is 2.24. The van der Waals surface area contributed by atoms with Crippen LogP contribution in [0.2, 0.25) is 0 Å². The van der Waals surface area contributed by atoms with E-state index in [2.05, 4.69) is 13.0 Å². The van der Waals surface area contributed by atoms with E-state index < -0.39 is 0 Å². The van der Waals surface area contributed by atoms with Gasteiger partial charge in [-0.15, -0.1) is 0 Å². The summed E-state index contributed by atoms with van der Waals surface area (Å²) < 4.78 is 5.38. The Labute approximate surface area is 102 Å². The van der Waals surface area contributed by atoms with Crippen molar-refractivity contribution >= 4 is 5.91 Å². The monoisotopic (exact) mass is 233 g/mol. The maximum Gasteiger partial charge on any atom is 0.248 e. The van der Waals surface area contributed by atoms with Gasteiger partial charge >= 0.3 is 0 Å². The fraction of sp³-hybridized carbons (Fsp3) is 0.500. The summed E-state index contributed by atoms with van der Waals surface area (Å²) in [6.07, 6.45) is 2.93. The first-order chi connectivity index (χ1) is 8.24. The number of nitrogens with two attached hydrogens (primary N) is 1. The fourth-order valence-electron chi connectivity index (χ4n) is 2.62. The van der Waals surface area contributed by atoms with Gasteiger partial charge in [0, 0.05) is 18.8 Å². The fourth-order valence-corrected chi connectivity index (χ4v) is 2.62. The Morgan fingerprint density at radius 3 is 2.71 bits per heavy atom. The van der Waals surface area contributed by atoms with Gasteiger partial charge in [-0.25, -0.2) is 0 Å². The number of benzene rings is 1. The van der Waals surface area contributed by atoms with Crippen LogP contribution in [0.25, 0.3) is 0 Å². The SMILES string of the molecule is CCc1c(C(N)=O)cccc1C1CCOCC1. The Morgan fingerprint density at radius 1 is 1.41 bits per heavy atom. The second kappa shape index (κ2) is 5.32. The summed E-state index contributed by atoms with van der Waals surface area (Å²) >= 11 is 0. The zero-order valence-corrected chi connectivity index (χ0v) is 10.2. The summed E-state index contributed by atoms with van der Waals surface area (Å²) in [7, 11) is 0. The zero-order valence-electron chi connectivity index (χ0n) is 10.2. The van der Waals surface area contributed by atoms with E-state index in [9.17, 15) is 4.79 Å². The molecule has 0 atom stereocenters. The Bertz CT molecular complexity index is 409. The summed E-state index contributed by atoms with van der Waals surface area (Å²) in [4.78, 5) is 11.4. The molecule has 2 rings (SSSR count). The number of carbonyl (C=O) groups excluding carboxylic acids is 1. The van der Waals surface area contributed by atoms with Crippen molar-refractivity contribution in [1.82, 2.24) is 0 Å². The molecule has 2 N–H and O–H groups in total. The van der Waals surface area contributed by atoms with E-state index in [-0.39, 0.29) is 5.91 Å². The lowest BCUT2D eigenvalue weighted by atomic mass is 9.85. The van der Waals surface area contributed by atoms with Gasteiger partial charge in [0.1, 0.15) is 0 Å². The molecule has 3 heteroatoms. The third-order valence-corrected chi connectivity index (χ3v) is 3.49. The highest BCUT2D eigenvalue weighted by Crippen LogP contribution is 2.31. The van der Waals surface area contributed by atoms with Gasteiger partial charge in [0.05, 0.1) is 0 Å². The molecule has 0 unspecified atom stereocenters. The van der Waals surface area contributed by atoms with E-state index in [1.165, 1.54) is 5.56 Å². The molecule has 92 valence electrons. The molecule has 1 saturated heterocycles. The minimum Gasteiger partial charge on any atom is -0.381 e. The minimum absolute atomic E-state index is 0.323. The third kappa shape index (κ3) is 2.50. The second-order valence-corrected chi connectivity index (χ2v) is 4.48. The number of primary amides is 1. The number of rotatable bonds is 3. The number of hydrogen-bond acceptors (Lipinski definition) is 2. The lowest BCUT2D eigenvalue weighted by Crippen LogP contribution is -2.19. The van der Waals surface area contributed by atoms with Crippen LogP contribution in [0.5, 0.6) is 0 Å². The molecule has 1 aliphatic heterocycles. The van der Waals surface area contributed by atoms with Crippen LogP contribution < -0.4 is 5.73 Å². The molecule has 1 heterocycles. The molecule has 0 bridgehead atoms. The predicted molar refractivity (Wildman–Crippen MR) is 67.1 cm³/mol. The molecule has 0 aliphatic carbocycles. The van der Waals surface area contributed by atoms with Crippen molar-refractivity contribution in [3.8, 4) is 0 Å². The van der Waals surface area contributed by atoms with Crippen molar-refractivity contribution in [1.29, 1.82) is 0 Å². The highest BCUT2D eigenvalue weighted by Gasteiger charge is 2.20. The van der Waals surface area contributed by atoms with Crippen molar-refractivity contribution < 1.29 is 9.53 Å². The lowest BCUT2D eigenvalue weighted by Gasteiger charge is -2.25. The van der Waals surface area contributed by atoms with E-state index >= 15 is 0 Å². The molecule has 17 heavy (non-hydrogen) atoms. The molecule has 3 nitrogen and oxygen atoms in total. The summed E-state index contributed by atoms with van der Waals surface area (Å²) in [5.41, 5.74) is 8.50. The first-order valence-electron chi connectivity index (χ1n) is 6.23. The van der Waals surface area contributed by atoms with Gasteiger partial charge in [-0.1, -0.05) is 19.1 Å². The number of hydrogen-bond donors (Lipinski definition) is 1. The summed E-state index contributed by atoms with van der Waals surface area (Å²) in [5, 5.41) is 0. The quantitative estimate of drug-likeness (QED) is 0.870. The molecule has 0 radical (unpaired) electrons. The average molecular weight is 233 g/mol. The van der Waals surface area contributed by atoms with Gasteiger partial charge in [0.2, 0.25) is 5.91 Å². The smallest absolute Gasteiger partial charge is 0.248 e.